The molecule has 5 nitrogen and oxygen atoms in total. The second-order valence-electron chi connectivity index (χ2n) is 21.6. The maximum absolute atomic E-state index is 14.8. The Labute approximate surface area is 474 Å². The van der Waals surface area contributed by atoms with Gasteiger partial charge in [0, 0.05) is 60.0 Å². The van der Waals surface area contributed by atoms with E-state index in [9.17, 15) is 18.4 Å². The van der Waals surface area contributed by atoms with E-state index in [-0.39, 0.29) is 0 Å². The number of aryl methyl sites for hydroxylation is 1. The van der Waals surface area contributed by atoms with Crippen molar-refractivity contribution in [2.24, 2.45) is 0 Å². The Bertz CT molecular complexity index is 5400. The molecule has 16 aromatic rings. The highest BCUT2D eigenvalue weighted by Crippen LogP contribution is 2.46. The van der Waals surface area contributed by atoms with E-state index in [0.29, 0.717) is 33.6 Å². The topological polar surface area (TPSA) is 43.5 Å². The molecule has 0 fully saturated rings. The van der Waals surface area contributed by atoms with E-state index in [1.807, 2.05) is 54.6 Å². The van der Waals surface area contributed by atoms with Crippen LogP contribution in [0.5, 0.6) is 0 Å². The van der Waals surface area contributed by atoms with Crippen LogP contribution in [0.3, 0.4) is 0 Å². The molecular formula is C75H46F3N5. The van der Waals surface area contributed by atoms with Gasteiger partial charge in [0.15, 0.2) is 0 Å². The zero-order valence-corrected chi connectivity index (χ0v) is 44.7. The Morgan fingerprint density at radius 3 is 1.11 bits per heavy atom. The standard InChI is InChI=1S/C75H46F3N5/c1-46-38-51(40-52(39-46)75(76,77)78)55-32-37-73(82-67-26-14-10-22-58(67)62-43-49(30-35-71(62)82)47-28-33-69-60(41-47)56-20-8-12-24-65(56)80(69)53-16-4-2-5-17-53)64(45-79)74(55)83-68-27-15-11-23-59(68)63-44-50(31-36-72(63)83)48-29-34-70-61(42-48)57-21-9-13-25-66(57)81(70)54-18-6-3-7-19-54/h2-44H,1H3. The molecule has 0 aliphatic rings. The number of hydrogen-bond acceptors (Lipinski definition) is 1. The molecule has 0 N–H and O–H groups in total. The van der Waals surface area contributed by atoms with Crippen molar-refractivity contribution in [1.29, 1.82) is 5.26 Å². The number of aromatic nitrogens is 4. The molecule has 392 valence electrons. The minimum atomic E-state index is -4.60. The second kappa shape index (κ2) is 18.3. The quantitative estimate of drug-likeness (QED) is 0.157. The lowest BCUT2D eigenvalue weighted by Crippen LogP contribution is -2.08. The van der Waals surface area contributed by atoms with Crippen LogP contribution in [0, 0.1) is 18.3 Å². The summed E-state index contributed by atoms with van der Waals surface area (Å²) >= 11 is 0. The average molecular weight is 1070 g/mol. The zero-order chi connectivity index (χ0) is 55.7. The van der Waals surface area contributed by atoms with Gasteiger partial charge in [0.2, 0.25) is 0 Å². The van der Waals surface area contributed by atoms with Crippen molar-refractivity contribution >= 4 is 87.2 Å². The van der Waals surface area contributed by atoms with Gasteiger partial charge in [0.05, 0.1) is 61.1 Å². The summed E-state index contributed by atoms with van der Waals surface area (Å²) in [5.41, 5.74) is 16.2. The van der Waals surface area contributed by atoms with Crippen molar-refractivity contribution in [3.63, 3.8) is 0 Å². The van der Waals surface area contributed by atoms with Crippen LogP contribution in [0.2, 0.25) is 0 Å². The Kier molecular flexibility index (Phi) is 10.6. The van der Waals surface area contributed by atoms with Gasteiger partial charge in [-0.2, -0.15) is 18.4 Å². The number of nitrogens with zero attached hydrogens (tertiary/aromatic N) is 5. The van der Waals surface area contributed by atoms with Gasteiger partial charge in [0.1, 0.15) is 11.6 Å². The third-order valence-electron chi connectivity index (χ3n) is 16.8. The molecule has 0 spiro atoms. The van der Waals surface area contributed by atoms with Crippen LogP contribution >= 0.6 is 0 Å². The number of rotatable bonds is 7. The molecule has 4 heterocycles. The van der Waals surface area contributed by atoms with Gasteiger partial charge in [-0.05, 0) is 156 Å². The van der Waals surface area contributed by atoms with Crippen LogP contribution < -0.4 is 0 Å². The monoisotopic (exact) mass is 1070 g/mol. The van der Waals surface area contributed by atoms with Crippen molar-refractivity contribution in [2.75, 3.05) is 0 Å². The summed E-state index contributed by atoms with van der Waals surface area (Å²) in [7, 11) is 0. The SMILES string of the molecule is Cc1cc(-c2ccc(-n3c4ccccc4c4cc(-c5ccc6c(c5)c5ccccc5n6-c5ccccc5)ccc43)c(C#N)c2-n2c3ccccc3c3cc(-c4ccc5c(c4)c4ccccc4n5-c4ccccc4)ccc32)cc(C(F)(F)F)c1. The number of halogens is 3. The molecule has 0 amide bonds. The summed E-state index contributed by atoms with van der Waals surface area (Å²) in [4.78, 5) is 0. The summed E-state index contributed by atoms with van der Waals surface area (Å²) in [6, 6.07) is 91.1. The smallest absolute Gasteiger partial charge is 0.309 e. The lowest BCUT2D eigenvalue weighted by Gasteiger charge is -2.21. The molecule has 0 aliphatic heterocycles. The molecular weight excluding hydrogens is 1030 g/mol. The first-order chi connectivity index (χ1) is 40.7. The molecule has 0 radical (unpaired) electrons. The van der Waals surface area contributed by atoms with E-state index in [2.05, 4.69) is 212 Å². The van der Waals surface area contributed by atoms with E-state index in [0.717, 1.165) is 115 Å². The van der Waals surface area contributed by atoms with Gasteiger partial charge in [-0.15, -0.1) is 0 Å². The molecule has 16 rings (SSSR count). The molecule has 83 heavy (non-hydrogen) atoms. The Morgan fingerprint density at radius 2 is 0.687 bits per heavy atom. The molecule has 0 unspecified atom stereocenters. The van der Waals surface area contributed by atoms with Gasteiger partial charge >= 0.3 is 6.18 Å². The van der Waals surface area contributed by atoms with Gasteiger partial charge in [-0.1, -0.05) is 146 Å². The highest BCUT2D eigenvalue weighted by molar-refractivity contribution is 6.15. The van der Waals surface area contributed by atoms with Crippen molar-refractivity contribution in [2.45, 2.75) is 13.1 Å². The summed E-state index contributed by atoms with van der Waals surface area (Å²) in [6.07, 6.45) is -4.60. The van der Waals surface area contributed by atoms with E-state index >= 15 is 0 Å². The zero-order valence-electron chi connectivity index (χ0n) is 44.7. The fraction of sp³-hybridized carbons (Fsp3) is 0.0267. The fourth-order valence-electron chi connectivity index (χ4n) is 13.3. The molecule has 4 aromatic heterocycles. The predicted molar refractivity (Wildman–Crippen MR) is 335 cm³/mol. The Hall–Kier alpha value is -10.9. The summed E-state index contributed by atoms with van der Waals surface area (Å²) in [5.74, 6) is 0. The van der Waals surface area contributed by atoms with Gasteiger partial charge in [-0.25, -0.2) is 0 Å². The van der Waals surface area contributed by atoms with Gasteiger partial charge in [-0.3, -0.25) is 0 Å². The van der Waals surface area contributed by atoms with Crippen LogP contribution in [0.25, 0.3) is 143 Å². The Balaban J connectivity index is 0.906. The van der Waals surface area contributed by atoms with Crippen LogP contribution in [0.15, 0.2) is 261 Å². The van der Waals surface area contributed by atoms with Crippen LogP contribution in [0.4, 0.5) is 13.2 Å². The van der Waals surface area contributed by atoms with E-state index in [1.54, 1.807) is 13.0 Å². The molecule has 0 bridgehead atoms. The Morgan fingerprint density at radius 1 is 0.325 bits per heavy atom. The maximum Gasteiger partial charge on any atom is 0.416 e. The highest BCUT2D eigenvalue weighted by atomic mass is 19.4. The molecule has 0 saturated heterocycles. The van der Waals surface area contributed by atoms with Crippen molar-refractivity contribution in [3.8, 4) is 62.2 Å². The van der Waals surface area contributed by atoms with Crippen molar-refractivity contribution in [1.82, 2.24) is 18.3 Å². The number of benzene rings is 12. The van der Waals surface area contributed by atoms with E-state index < -0.39 is 11.7 Å². The minimum absolute atomic E-state index is 0.316. The number of alkyl halides is 3. The fourth-order valence-corrected chi connectivity index (χ4v) is 13.3. The number of nitriles is 1. The largest absolute Gasteiger partial charge is 0.416 e. The highest BCUT2D eigenvalue weighted by Gasteiger charge is 2.32. The summed E-state index contributed by atoms with van der Waals surface area (Å²) < 4.78 is 53.4. The molecule has 12 aromatic carbocycles. The molecule has 0 aliphatic carbocycles. The van der Waals surface area contributed by atoms with Crippen LogP contribution in [-0.2, 0) is 6.18 Å². The predicted octanol–water partition coefficient (Wildman–Crippen LogP) is 20.3. The number of fused-ring (bicyclic) bond motifs is 12. The summed E-state index contributed by atoms with van der Waals surface area (Å²) in [6.45, 7) is 1.68. The number of hydrogen-bond donors (Lipinski definition) is 0. The third-order valence-corrected chi connectivity index (χ3v) is 16.8. The second-order valence-corrected chi connectivity index (χ2v) is 21.6. The average Bonchev–Trinajstić information content (AvgIpc) is 3.95. The minimum Gasteiger partial charge on any atom is -0.309 e. The van der Waals surface area contributed by atoms with E-state index in [1.165, 1.54) is 17.5 Å². The van der Waals surface area contributed by atoms with Crippen LogP contribution in [0.1, 0.15) is 16.7 Å². The number of para-hydroxylation sites is 6. The molecule has 8 heteroatoms. The third kappa shape index (κ3) is 7.41. The van der Waals surface area contributed by atoms with E-state index in [4.69, 9.17) is 0 Å². The van der Waals surface area contributed by atoms with Gasteiger partial charge in [0.25, 0.3) is 0 Å². The normalized spacial score (nSPS) is 12.1. The van der Waals surface area contributed by atoms with Gasteiger partial charge < -0.3 is 18.3 Å². The molecule has 0 saturated carbocycles. The van der Waals surface area contributed by atoms with Crippen molar-refractivity contribution in [3.05, 3.63) is 278 Å². The lowest BCUT2D eigenvalue weighted by molar-refractivity contribution is -0.137. The van der Waals surface area contributed by atoms with Crippen LogP contribution in [-0.4, -0.2) is 18.3 Å². The first-order valence-electron chi connectivity index (χ1n) is 27.7. The van der Waals surface area contributed by atoms with Crippen molar-refractivity contribution < 1.29 is 13.2 Å². The first-order valence-corrected chi connectivity index (χ1v) is 27.7. The molecule has 0 atom stereocenters. The maximum atomic E-state index is 14.8. The lowest BCUT2D eigenvalue weighted by atomic mass is 9.95. The first kappa shape index (κ1) is 48.1. The summed E-state index contributed by atoms with van der Waals surface area (Å²) in [5, 5.41) is 20.4.